The Morgan fingerprint density at radius 2 is 0.586 bits per heavy atom. The zero-order valence-corrected chi connectivity index (χ0v) is 19.1. The first-order valence-electron chi connectivity index (χ1n) is 8.92. The Balaban J connectivity index is 0.00000784. The Bertz CT molecular complexity index is 453. The molecule has 0 saturated carbocycles. The molecule has 1 rings (SSSR count). The summed E-state index contributed by atoms with van der Waals surface area (Å²) in [6.45, 7) is 1.52. The van der Waals surface area contributed by atoms with Crippen LogP contribution in [0.25, 0.3) is 0 Å². The Hall–Kier alpha value is -1.18. The molecular weight excluding hydrogens is 465 g/mol. The molecule has 1 fully saturated rings. The van der Waals surface area contributed by atoms with Crippen LogP contribution in [0.4, 0.5) is 0 Å². The van der Waals surface area contributed by atoms with Gasteiger partial charge in [-0.15, -0.1) is 0 Å². The van der Waals surface area contributed by atoms with E-state index in [0.29, 0.717) is 52.4 Å². The first kappa shape index (κ1) is 27.8. The average Bonchev–Trinajstić information content (AvgIpc) is 2.55. The summed E-state index contributed by atoms with van der Waals surface area (Å²) in [5.41, 5.74) is 0. The fraction of sp³-hybridized carbons (Fsp3) is 0.750. The molecule has 12 nitrogen and oxygen atoms in total. The molecule has 29 heavy (non-hydrogen) atoms. The van der Waals surface area contributed by atoms with Crippen molar-refractivity contribution in [3.05, 3.63) is 0 Å². The van der Waals surface area contributed by atoms with E-state index >= 15 is 0 Å². The monoisotopic (exact) mass is 493 g/mol. The molecule has 4 N–H and O–H groups in total. The largest absolute Gasteiger partial charge is 0.480 e. The van der Waals surface area contributed by atoms with Crippen LogP contribution in [0.1, 0.15) is 0 Å². The minimum Gasteiger partial charge on any atom is -0.480 e. The van der Waals surface area contributed by atoms with Gasteiger partial charge in [-0.1, -0.05) is 0 Å². The van der Waals surface area contributed by atoms with Gasteiger partial charge in [0.1, 0.15) is 0 Å². The summed E-state index contributed by atoms with van der Waals surface area (Å²) in [6, 6.07) is 0. The first-order valence-corrected chi connectivity index (χ1v) is 8.92. The molecule has 0 unspecified atom stereocenters. The van der Waals surface area contributed by atoms with E-state index in [4.69, 9.17) is 20.4 Å². The van der Waals surface area contributed by atoms with Crippen LogP contribution in [-0.2, 0) is 51.9 Å². The number of carboxylic acids is 4. The van der Waals surface area contributed by atoms with E-state index in [1.165, 1.54) is 0 Å². The van der Waals surface area contributed by atoms with Crippen LogP contribution in [0.5, 0.6) is 0 Å². The van der Waals surface area contributed by atoms with Crippen molar-refractivity contribution in [3.63, 3.8) is 0 Å². The Kier molecular flexibility index (Phi) is 14.2. The van der Waals surface area contributed by atoms with E-state index in [1.807, 2.05) is 0 Å². The fourth-order valence-corrected chi connectivity index (χ4v) is 2.98. The fourth-order valence-electron chi connectivity index (χ4n) is 2.98. The van der Waals surface area contributed by atoms with Gasteiger partial charge in [-0.3, -0.25) is 38.8 Å². The van der Waals surface area contributed by atoms with E-state index in [0.717, 1.165) is 0 Å². The number of rotatable bonds is 8. The van der Waals surface area contributed by atoms with Gasteiger partial charge in [0, 0.05) is 85.1 Å². The van der Waals surface area contributed by atoms with Gasteiger partial charge < -0.3 is 20.4 Å². The van der Waals surface area contributed by atoms with Crippen molar-refractivity contribution >= 4 is 23.9 Å². The van der Waals surface area contributed by atoms with Crippen LogP contribution in [0.15, 0.2) is 0 Å². The maximum atomic E-state index is 11.1. The molecule has 1 radical (unpaired) electrons. The molecule has 0 aromatic rings. The van der Waals surface area contributed by atoms with Crippen molar-refractivity contribution in [2.45, 2.75) is 0 Å². The molecule has 0 aliphatic carbocycles. The Morgan fingerprint density at radius 3 is 0.690 bits per heavy atom. The quantitative estimate of drug-likeness (QED) is 0.283. The molecule has 0 bridgehead atoms. The van der Waals surface area contributed by atoms with Gasteiger partial charge in [0.05, 0.1) is 26.2 Å². The molecule has 163 valence electrons. The number of hydrogen-bond acceptors (Lipinski definition) is 8. The van der Waals surface area contributed by atoms with E-state index < -0.39 is 23.9 Å². The first-order chi connectivity index (χ1) is 13.2. The predicted molar refractivity (Wildman–Crippen MR) is 96.3 cm³/mol. The molecule has 0 atom stereocenters. The van der Waals surface area contributed by atoms with Gasteiger partial charge in [-0.25, -0.2) is 0 Å². The number of hydrogen-bond donors (Lipinski definition) is 4. The molecule has 1 aliphatic heterocycles. The van der Waals surface area contributed by atoms with E-state index in [1.54, 1.807) is 19.6 Å². The second kappa shape index (κ2) is 14.8. The molecule has 0 spiro atoms. The van der Waals surface area contributed by atoms with Gasteiger partial charge in [0.15, 0.2) is 0 Å². The third-order valence-electron chi connectivity index (χ3n) is 4.37. The van der Waals surface area contributed by atoms with Crippen LogP contribution in [0.3, 0.4) is 0 Å². The van der Waals surface area contributed by atoms with E-state index in [9.17, 15) is 19.2 Å². The van der Waals surface area contributed by atoms with Gasteiger partial charge in [0.25, 0.3) is 0 Å². The SMILES string of the molecule is O=C(O)CN1CCN(CC(=O)O)CCN(CC(=O)O)CCN(CC(=O)O)CC1.[Y]. The smallest absolute Gasteiger partial charge is 0.317 e. The molecule has 1 aliphatic rings. The van der Waals surface area contributed by atoms with Gasteiger partial charge in [-0.05, 0) is 0 Å². The van der Waals surface area contributed by atoms with Crippen molar-refractivity contribution in [3.8, 4) is 0 Å². The second-order valence-electron chi connectivity index (χ2n) is 6.68. The summed E-state index contributed by atoms with van der Waals surface area (Å²) in [5, 5.41) is 36.3. The third-order valence-corrected chi connectivity index (χ3v) is 4.37. The zero-order valence-electron chi connectivity index (χ0n) is 16.3. The summed E-state index contributed by atoms with van der Waals surface area (Å²) in [6.07, 6.45) is 0. The molecule has 13 heteroatoms. The van der Waals surface area contributed by atoms with Gasteiger partial charge in [-0.2, -0.15) is 0 Å². The van der Waals surface area contributed by atoms with Crippen molar-refractivity contribution in [2.75, 3.05) is 78.5 Å². The summed E-state index contributed by atoms with van der Waals surface area (Å²) in [4.78, 5) is 50.9. The average molecular weight is 493 g/mol. The number of carboxylic acid groups (broad SMARTS) is 4. The molecule has 1 heterocycles. The Morgan fingerprint density at radius 1 is 0.448 bits per heavy atom. The van der Waals surface area contributed by atoms with Crippen molar-refractivity contribution in [1.82, 2.24) is 19.6 Å². The Labute approximate surface area is 193 Å². The summed E-state index contributed by atoms with van der Waals surface area (Å²) < 4.78 is 0. The van der Waals surface area contributed by atoms with E-state index in [2.05, 4.69) is 0 Å². The predicted octanol–water partition coefficient (Wildman–Crippen LogP) is -2.46. The number of carbonyl (C=O) groups is 4. The molecule has 0 aromatic carbocycles. The molecule has 0 aromatic heterocycles. The van der Waals surface area contributed by atoms with Crippen molar-refractivity contribution in [1.29, 1.82) is 0 Å². The summed E-state index contributed by atoms with van der Waals surface area (Å²) in [5.74, 6) is -4.08. The normalized spacial score (nSPS) is 18.8. The third kappa shape index (κ3) is 13.6. The van der Waals surface area contributed by atoms with Crippen molar-refractivity contribution < 1.29 is 72.3 Å². The maximum absolute atomic E-state index is 11.1. The van der Waals surface area contributed by atoms with Crippen LogP contribution in [-0.4, -0.2) is 142 Å². The molecule has 0 amide bonds. The molecular formula is C16H28N4O8Y. The summed E-state index contributed by atoms with van der Waals surface area (Å²) in [7, 11) is 0. The molecule has 1 saturated heterocycles. The standard InChI is InChI=1S/C16H28N4O8.Y/c21-13(22)9-17-1-2-18(10-14(23)24)5-6-20(12-16(27)28)8-7-19(4-3-17)11-15(25)26;/h1-12H2,(H,21,22)(H,23,24)(H,25,26)(H,27,28);. The van der Waals surface area contributed by atoms with Crippen molar-refractivity contribution in [2.24, 2.45) is 0 Å². The second-order valence-corrected chi connectivity index (χ2v) is 6.68. The van der Waals surface area contributed by atoms with Gasteiger partial charge in [0.2, 0.25) is 0 Å². The minimum absolute atomic E-state index is 0. The van der Waals surface area contributed by atoms with Crippen LogP contribution >= 0.6 is 0 Å². The number of nitrogens with zero attached hydrogens (tertiary/aromatic N) is 4. The van der Waals surface area contributed by atoms with Crippen LogP contribution in [0.2, 0.25) is 0 Å². The zero-order chi connectivity index (χ0) is 21.1. The van der Waals surface area contributed by atoms with E-state index in [-0.39, 0.29) is 58.9 Å². The van der Waals surface area contributed by atoms with Crippen LogP contribution in [0, 0.1) is 0 Å². The minimum atomic E-state index is -1.02. The van der Waals surface area contributed by atoms with Gasteiger partial charge >= 0.3 is 23.9 Å². The number of aliphatic carboxylic acids is 4. The summed E-state index contributed by atoms with van der Waals surface area (Å²) >= 11 is 0. The topological polar surface area (TPSA) is 162 Å². The maximum Gasteiger partial charge on any atom is 0.317 e. The van der Waals surface area contributed by atoms with Crippen LogP contribution < -0.4 is 0 Å².